The van der Waals surface area contributed by atoms with Gasteiger partial charge in [0.2, 0.25) is 17.7 Å². The molecule has 1 fully saturated rings. The number of amides is 1. The minimum atomic E-state index is 0.00605. The standard InChI is InChI=1S/C28H33N3O5/c1-4-15-35-24-12-9-21(17-25(24)33-3)18-31(19-23-6-5-16-34-23)27(32)14-13-26-29-30-28(36-26)22-10-7-20(2)8-11-22/h4,7-12,17,23H,1,5-6,13-16,18-19H2,2-3H3. The van der Waals surface area contributed by atoms with Crippen LogP contribution in [0.5, 0.6) is 11.5 Å². The summed E-state index contributed by atoms with van der Waals surface area (Å²) in [6.07, 6.45) is 4.33. The highest BCUT2D eigenvalue weighted by Gasteiger charge is 2.24. The van der Waals surface area contributed by atoms with Crippen LogP contribution in [0.1, 0.15) is 36.3 Å². The van der Waals surface area contributed by atoms with E-state index in [0.29, 0.717) is 49.4 Å². The highest BCUT2D eigenvalue weighted by molar-refractivity contribution is 5.76. The number of methoxy groups -OCH3 is 1. The van der Waals surface area contributed by atoms with Gasteiger partial charge < -0.3 is 23.5 Å². The lowest BCUT2D eigenvalue weighted by Gasteiger charge is -2.26. The van der Waals surface area contributed by atoms with E-state index in [4.69, 9.17) is 18.6 Å². The predicted octanol–water partition coefficient (Wildman–Crippen LogP) is 4.76. The van der Waals surface area contributed by atoms with E-state index < -0.39 is 0 Å². The average molecular weight is 492 g/mol. The van der Waals surface area contributed by atoms with Gasteiger partial charge in [-0.05, 0) is 49.6 Å². The first-order valence-electron chi connectivity index (χ1n) is 12.2. The number of hydrogen-bond acceptors (Lipinski definition) is 7. The van der Waals surface area contributed by atoms with Crippen molar-refractivity contribution in [2.45, 2.75) is 45.3 Å². The Hall–Kier alpha value is -3.65. The Labute approximate surface area is 211 Å². The molecule has 3 aromatic rings. The Balaban J connectivity index is 1.42. The molecule has 0 radical (unpaired) electrons. The summed E-state index contributed by atoms with van der Waals surface area (Å²) in [4.78, 5) is 15.1. The van der Waals surface area contributed by atoms with Crippen molar-refractivity contribution in [1.29, 1.82) is 0 Å². The molecule has 0 bridgehead atoms. The summed E-state index contributed by atoms with van der Waals surface area (Å²) in [5.41, 5.74) is 2.97. The summed E-state index contributed by atoms with van der Waals surface area (Å²) in [6, 6.07) is 13.6. The molecule has 1 amide bonds. The number of benzene rings is 2. The highest BCUT2D eigenvalue weighted by atomic mass is 16.5. The van der Waals surface area contributed by atoms with E-state index in [1.165, 1.54) is 0 Å². The van der Waals surface area contributed by atoms with Crippen LogP contribution in [-0.4, -0.2) is 54.0 Å². The lowest BCUT2D eigenvalue weighted by Crippen LogP contribution is -2.37. The summed E-state index contributed by atoms with van der Waals surface area (Å²) >= 11 is 0. The molecule has 1 atom stereocenters. The van der Waals surface area contributed by atoms with Crippen molar-refractivity contribution in [2.75, 3.05) is 26.9 Å². The number of carbonyl (C=O) groups excluding carboxylic acids is 1. The number of aromatic nitrogens is 2. The number of rotatable bonds is 12. The van der Waals surface area contributed by atoms with Crippen molar-refractivity contribution in [2.24, 2.45) is 0 Å². The number of aryl methyl sites for hydroxylation is 2. The fourth-order valence-electron chi connectivity index (χ4n) is 4.13. The van der Waals surface area contributed by atoms with Gasteiger partial charge in [-0.15, -0.1) is 10.2 Å². The average Bonchev–Trinajstić information content (AvgIpc) is 3.59. The summed E-state index contributed by atoms with van der Waals surface area (Å²) in [5.74, 6) is 2.17. The molecule has 0 spiro atoms. The molecule has 8 nitrogen and oxygen atoms in total. The molecule has 190 valence electrons. The molecule has 1 saturated heterocycles. The van der Waals surface area contributed by atoms with E-state index in [-0.39, 0.29) is 18.4 Å². The van der Waals surface area contributed by atoms with E-state index >= 15 is 0 Å². The Morgan fingerprint density at radius 1 is 1.19 bits per heavy atom. The monoisotopic (exact) mass is 491 g/mol. The van der Waals surface area contributed by atoms with Crippen LogP contribution in [0, 0.1) is 6.92 Å². The van der Waals surface area contributed by atoms with Crippen molar-refractivity contribution in [3.8, 4) is 23.0 Å². The van der Waals surface area contributed by atoms with Crippen molar-refractivity contribution < 1.29 is 23.4 Å². The molecule has 4 rings (SSSR count). The fraction of sp³-hybridized carbons (Fsp3) is 0.393. The van der Waals surface area contributed by atoms with E-state index in [0.717, 1.165) is 36.1 Å². The number of ether oxygens (including phenoxy) is 3. The van der Waals surface area contributed by atoms with Crippen molar-refractivity contribution in [3.05, 3.63) is 72.1 Å². The van der Waals surface area contributed by atoms with Crippen LogP contribution in [0.3, 0.4) is 0 Å². The molecule has 8 heteroatoms. The molecule has 1 unspecified atom stereocenters. The minimum absolute atomic E-state index is 0.00605. The molecule has 0 aliphatic carbocycles. The smallest absolute Gasteiger partial charge is 0.247 e. The summed E-state index contributed by atoms with van der Waals surface area (Å²) < 4.78 is 22.8. The third-order valence-electron chi connectivity index (χ3n) is 6.08. The third-order valence-corrected chi connectivity index (χ3v) is 6.08. The van der Waals surface area contributed by atoms with Crippen LogP contribution < -0.4 is 9.47 Å². The summed E-state index contributed by atoms with van der Waals surface area (Å²) in [7, 11) is 1.60. The molecule has 2 heterocycles. The Morgan fingerprint density at radius 3 is 2.75 bits per heavy atom. The predicted molar refractivity (Wildman–Crippen MR) is 136 cm³/mol. The van der Waals surface area contributed by atoms with Gasteiger partial charge in [-0.1, -0.05) is 36.4 Å². The molecular formula is C28H33N3O5. The van der Waals surface area contributed by atoms with Crippen LogP contribution in [0.25, 0.3) is 11.5 Å². The zero-order chi connectivity index (χ0) is 25.3. The fourth-order valence-corrected chi connectivity index (χ4v) is 4.13. The zero-order valence-electron chi connectivity index (χ0n) is 20.9. The lowest BCUT2D eigenvalue weighted by atomic mass is 10.1. The quantitative estimate of drug-likeness (QED) is 0.338. The van der Waals surface area contributed by atoms with Gasteiger partial charge in [0, 0.05) is 38.1 Å². The van der Waals surface area contributed by atoms with Crippen LogP contribution >= 0.6 is 0 Å². The van der Waals surface area contributed by atoms with Gasteiger partial charge in [0.1, 0.15) is 6.61 Å². The van der Waals surface area contributed by atoms with Gasteiger partial charge in [0.25, 0.3) is 0 Å². The zero-order valence-corrected chi connectivity index (χ0v) is 20.9. The number of carbonyl (C=O) groups is 1. The second-order valence-corrected chi connectivity index (χ2v) is 8.86. The van der Waals surface area contributed by atoms with E-state index in [1.807, 2.05) is 54.3 Å². The van der Waals surface area contributed by atoms with Gasteiger partial charge in [0.15, 0.2) is 11.5 Å². The summed E-state index contributed by atoms with van der Waals surface area (Å²) in [5, 5.41) is 8.29. The van der Waals surface area contributed by atoms with E-state index in [9.17, 15) is 4.79 Å². The normalized spacial score (nSPS) is 15.0. The van der Waals surface area contributed by atoms with Gasteiger partial charge >= 0.3 is 0 Å². The Bertz CT molecular complexity index is 1150. The van der Waals surface area contributed by atoms with Crippen molar-refractivity contribution in [1.82, 2.24) is 15.1 Å². The topological polar surface area (TPSA) is 86.9 Å². The molecule has 36 heavy (non-hydrogen) atoms. The first-order chi connectivity index (χ1) is 17.6. The largest absolute Gasteiger partial charge is 0.493 e. The highest BCUT2D eigenvalue weighted by Crippen LogP contribution is 2.29. The lowest BCUT2D eigenvalue weighted by molar-refractivity contribution is -0.133. The molecule has 2 aromatic carbocycles. The molecule has 1 aliphatic rings. The van der Waals surface area contributed by atoms with E-state index in [2.05, 4.69) is 16.8 Å². The van der Waals surface area contributed by atoms with Crippen molar-refractivity contribution in [3.63, 3.8) is 0 Å². The van der Waals surface area contributed by atoms with E-state index in [1.54, 1.807) is 13.2 Å². The Kier molecular flexibility index (Phi) is 8.73. The maximum atomic E-state index is 13.3. The second-order valence-electron chi connectivity index (χ2n) is 8.86. The molecular weight excluding hydrogens is 458 g/mol. The maximum absolute atomic E-state index is 13.3. The SMILES string of the molecule is C=CCOc1ccc(CN(CC2CCCO2)C(=O)CCc2nnc(-c3ccc(C)cc3)o2)cc1OC. The van der Waals surface area contributed by atoms with Gasteiger partial charge in [-0.25, -0.2) is 0 Å². The van der Waals surface area contributed by atoms with Gasteiger partial charge in [0.05, 0.1) is 13.2 Å². The van der Waals surface area contributed by atoms with Gasteiger partial charge in [-0.3, -0.25) is 4.79 Å². The second kappa shape index (κ2) is 12.4. The van der Waals surface area contributed by atoms with Crippen LogP contribution in [0.4, 0.5) is 0 Å². The van der Waals surface area contributed by atoms with Crippen molar-refractivity contribution >= 4 is 5.91 Å². The molecule has 1 aromatic heterocycles. The first kappa shape index (κ1) is 25.4. The molecule has 0 saturated carbocycles. The number of hydrogen-bond donors (Lipinski definition) is 0. The van der Waals surface area contributed by atoms with Crippen LogP contribution in [0.15, 0.2) is 59.5 Å². The van der Waals surface area contributed by atoms with Crippen LogP contribution in [0.2, 0.25) is 0 Å². The Morgan fingerprint density at radius 2 is 2.03 bits per heavy atom. The summed E-state index contributed by atoms with van der Waals surface area (Å²) in [6.45, 7) is 7.81. The molecule has 0 N–H and O–H groups in total. The maximum Gasteiger partial charge on any atom is 0.247 e. The number of nitrogens with zero attached hydrogens (tertiary/aromatic N) is 3. The van der Waals surface area contributed by atoms with Crippen LogP contribution in [-0.2, 0) is 22.5 Å². The third kappa shape index (κ3) is 6.73. The molecule has 1 aliphatic heterocycles. The first-order valence-corrected chi connectivity index (χ1v) is 12.2. The van der Waals surface area contributed by atoms with Gasteiger partial charge in [-0.2, -0.15) is 0 Å². The minimum Gasteiger partial charge on any atom is -0.493 e.